The van der Waals surface area contributed by atoms with E-state index in [1.54, 1.807) is 12.1 Å². The lowest BCUT2D eigenvalue weighted by atomic mass is 10.3. The number of anilines is 2. The van der Waals surface area contributed by atoms with Crippen LogP contribution in [0.1, 0.15) is 0 Å². The molecular weight excluding hydrogens is 331 g/mol. The molecule has 0 aromatic heterocycles. The van der Waals surface area contributed by atoms with Crippen molar-refractivity contribution in [3.05, 3.63) is 62.6 Å². The van der Waals surface area contributed by atoms with Gasteiger partial charge in [-0.3, -0.25) is 21.0 Å². The molecule has 0 aliphatic heterocycles. The van der Waals surface area contributed by atoms with Gasteiger partial charge in [0.2, 0.25) is 0 Å². The first-order valence-corrected chi connectivity index (χ1v) is 6.74. The maximum atomic E-state index is 11.7. The van der Waals surface area contributed by atoms with Crippen LogP contribution in [0, 0.1) is 10.1 Å². The summed E-state index contributed by atoms with van der Waals surface area (Å²) >= 11 is 11.7. The van der Waals surface area contributed by atoms with Crippen LogP contribution in [0.4, 0.5) is 21.9 Å². The number of hydrazine groups is 1. The Morgan fingerprint density at radius 3 is 2.59 bits per heavy atom. The Labute approximate surface area is 135 Å². The third kappa shape index (κ3) is 4.24. The van der Waals surface area contributed by atoms with E-state index in [0.717, 1.165) is 0 Å². The van der Waals surface area contributed by atoms with Crippen LogP contribution in [0.5, 0.6) is 0 Å². The van der Waals surface area contributed by atoms with Crippen molar-refractivity contribution >= 4 is 46.3 Å². The molecular formula is C13H10Cl2N4O3. The van der Waals surface area contributed by atoms with Gasteiger partial charge in [-0.1, -0.05) is 29.3 Å². The number of nitro benzene ring substituents is 1. The molecule has 114 valence electrons. The minimum atomic E-state index is -0.605. The predicted octanol–water partition coefficient (Wildman–Crippen LogP) is 4.05. The lowest BCUT2D eigenvalue weighted by Gasteiger charge is -2.11. The van der Waals surface area contributed by atoms with Gasteiger partial charge in [0.1, 0.15) is 0 Å². The van der Waals surface area contributed by atoms with E-state index in [0.29, 0.717) is 15.7 Å². The number of nitrogens with one attached hydrogen (secondary N) is 3. The lowest BCUT2D eigenvalue weighted by molar-refractivity contribution is -0.384. The van der Waals surface area contributed by atoms with Crippen molar-refractivity contribution in [3.63, 3.8) is 0 Å². The van der Waals surface area contributed by atoms with Crippen molar-refractivity contribution in [2.24, 2.45) is 0 Å². The summed E-state index contributed by atoms with van der Waals surface area (Å²) in [5.74, 6) is 0. The molecule has 0 saturated heterocycles. The largest absolute Gasteiger partial charge is 0.337 e. The average Bonchev–Trinajstić information content (AvgIpc) is 2.46. The van der Waals surface area contributed by atoms with E-state index in [2.05, 4.69) is 16.2 Å². The standard InChI is InChI=1S/C13H10Cl2N4O3/c14-8-4-5-12(11(15)6-8)17-18-13(20)16-9-2-1-3-10(7-9)19(21)22/h1-7,17H,(H2,16,18,20). The van der Waals surface area contributed by atoms with E-state index in [1.165, 1.54) is 30.3 Å². The predicted molar refractivity (Wildman–Crippen MR) is 85.3 cm³/mol. The third-order valence-corrected chi connectivity index (χ3v) is 3.10. The van der Waals surface area contributed by atoms with Gasteiger partial charge in [0.25, 0.3) is 5.69 Å². The van der Waals surface area contributed by atoms with Crippen LogP contribution >= 0.6 is 23.2 Å². The van der Waals surface area contributed by atoms with Crippen molar-refractivity contribution in [2.45, 2.75) is 0 Å². The quantitative estimate of drug-likeness (QED) is 0.577. The molecule has 0 unspecified atom stereocenters. The summed E-state index contributed by atoms with van der Waals surface area (Å²) in [6.07, 6.45) is 0. The molecule has 0 aliphatic carbocycles. The summed E-state index contributed by atoms with van der Waals surface area (Å²) in [5, 5.41) is 13.9. The number of rotatable bonds is 4. The van der Waals surface area contributed by atoms with Crippen LogP contribution in [-0.4, -0.2) is 11.0 Å². The minimum Gasteiger partial charge on any atom is -0.306 e. The van der Waals surface area contributed by atoms with Crippen LogP contribution in [0.3, 0.4) is 0 Å². The van der Waals surface area contributed by atoms with E-state index in [4.69, 9.17) is 23.2 Å². The van der Waals surface area contributed by atoms with E-state index in [9.17, 15) is 14.9 Å². The first kappa shape index (κ1) is 15.9. The highest BCUT2D eigenvalue weighted by atomic mass is 35.5. The molecule has 0 radical (unpaired) electrons. The highest BCUT2D eigenvalue weighted by Crippen LogP contribution is 2.24. The summed E-state index contributed by atoms with van der Waals surface area (Å²) in [4.78, 5) is 21.8. The van der Waals surface area contributed by atoms with Crippen molar-refractivity contribution in [2.75, 3.05) is 10.7 Å². The summed E-state index contributed by atoms with van der Waals surface area (Å²) in [5.41, 5.74) is 5.60. The van der Waals surface area contributed by atoms with E-state index in [-0.39, 0.29) is 11.4 Å². The molecule has 3 N–H and O–H groups in total. The number of hydrogen-bond acceptors (Lipinski definition) is 4. The molecule has 0 spiro atoms. The number of amides is 2. The van der Waals surface area contributed by atoms with Gasteiger partial charge < -0.3 is 5.32 Å². The number of non-ortho nitro benzene ring substituents is 1. The normalized spacial score (nSPS) is 9.91. The monoisotopic (exact) mass is 340 g/mol. The summed E-state index contributed by atoms with van der Waals surface area (Å²) in [7, 11) is 0. The lowest BCUT2D eigenvalue weighted by Crippen LogP contribution is -2.33. The highest BCUT2D eigenvalue weighted by molar-refractivity contribution is 6.36. The number of halogens is 2. The molecule has 2 aromatic rings. The smallest absolute Gasteiger partial charge is 0.306 e. The number of carbonyl (C=O) groups excluding carboxylic acids is 1. The van der Waals surface area contributed by atoms with Gasteiger partial charge in [0.05, 0.1) is 15.6 Å². The molecule has 2 amide bonds. The molecule has 7 nitrogen and oxygen atoms in total. The Morgan fingerprint density at radius 1 is 1.14 bits per heavy atom. The third-order valence-electron chi connectivity index (χ3n) is 2.56. The zero-order valence-electron chi connectivity index (χ0n) is 11.0. The van der Waals surface area contributed by atoms with Crippen LogP contribution < -0.4 is 16.2 Å². The highest BCUT2D eigenvalue weighted by Gasteiger charge is 2.08. The molecule has 2 rings (SSSR count). The molecule has 9 heteroatoms. The maximum absolute atomic E-state index is 11.7. The fourth-order valence-electron chi connectivity index (χ4n) is 1.57. The molecule has 0 aliphatic rings. The summed E-state index contributed by atoms with van der Waals surface area (Å²) < 4.78 is 0. The zero-order chi connectivity index (χ0) is 16.1. The molecule has 0 bridgehead atoms. The number of hydrogen-bond donors (Lipinski definition) is 3. The van der Waals surface area contributed by atoms with Crippen LogP contribution in [-0.2, 0) is 0 Å². The van der Waals surface area contributed by atoms with Gasteiger partial charge in [-0.15, -0.1) is 0 Å². The Kier molecular flexibility index (Phi) is 5.03. The van der Waals surface area contributed by atoms with Crippen LogP contribution in [0.15, 0.2) is 42.5 Å². The Hall–Kier alpha value is -2.51. The number of nitro groups is 1. The van der Waals surface area contributed by atoms with Gasteiger partial charge in [-0.05, 0) is 24.3 Å². The SMILES string of the molecule is O=C(NNc1ccc(Cl)cc1Cl)Nc1cccc([N+](=O)[O-])c1. The van der Waals surface area contributed by atoms with Gasteiger partial charge in [-0.25, -0.2) is 4.79 Å². The Balaban J connectivity index is 1.95. The van der Waals surface area contributed by atoms with E-state index >= 15 is 0 Å². The molecule has 0 atom stereocenters. The molecule has 0 saturated carbocycles. The van der Waals surface area contributed by atoms with E-state index in [1.807, 2.05) is 0 Å². The van der Waals surface area contributed by atoms with Crippen molar-refractivity contribution < 1.29 is 9.72 Å². The van der Waals surface area contributed by atoms with Crippen LogP contribution in [0.25, 0.3) is 0 Å². The summed E-state index contributed by atoms with van der Waals surface area (Å²) in [6, 6.07) is 9.69. The Morgan fingerprint density at radius 2 is 1.91 bits per heavy atom. The molecule has 0 heterocycles. The number of carbonyl (C=O) groups is 1. The maximum Gasteiger partial charge on any atom is 0.337 e. The minimum absolute atomic E-state index is 0.119. The van der Waals surface area contributed by atoms with Crippen molar-refractivity contribution in [3.8, 4) is 0 Å². The number of benzene rings is 2. The average molecular weight is 341 g/mol. The van der Waals surface area contributed by atoms with E-state index < -0.39 is 11.0 Å². The van der Waals surface area contributed by atoms with Crippen LogP contribution in [0.2, 0.25) is 10.0 Å². The van der Waals surface area contributed by atoms with Gasteiger partial charge in [0, 0.05) is 22.8 Å². The summed E-state index contributed by atoms with van der Waals surface area (Å²) in [6.45, 7) is 0. The van der Waals surface area contributed by atoms with Gasteiger partial charge in [-0.2, -0.15) is 0 Å². The van der Waals surface area contributed by atoms with Gasteiger partial charge >= 0.3 is 6.03 Å². The number of urea groups is 1. The van der Waals surface area contributed by atoms with Crippen molar-refractivity contribution in [1.82, 2.24) is 5.43 Å². The second-order valence-corrected chi connectivity index (χ2v) is 4.98. The van der Waals surface area contributed by atoms with Gasteiger partial charge in [0.15, 0.2) is 0 Å². The Bertz CT molecular complexity index is 724. The molecule has 2 aromatic carbocycles. The van der Waals surface area contributed by atoms with Crippen molar-refractivity contribution in [1.29, 1.82) is 0 Å². The zero-order valence-corrected chi connectivity index (χ0v) is 12.5. The fourth-order valence-corrected chi connectivity index (χ4v) is 2.03. The second-order valence-electron chi connectivity index (χ2n) is 4.14. The first-order valence-electron chi connectivity index (χ1n) is 5.98. The topological polar surface area (TPSA) is 96.3 Å². The second kappa shape index (κ2) is 6.97. The first-order chi connectivity index (χ1) is 10.5. The number of nitrogens with zero attached hydrogens (tertiary/aromatic N) is 1. The molecule has 0 fully saturated rings. The fraction of sp³-hybridized carbons (Fsp3) is 0. The molecule has 22 heavy (non-hydrogen) atoms.